The van der Waals surface area contributed by atoms with Crippen LogP contribution < -0.4 is 0 Å². The first-order valence-corrected chi connectivity index (χ1v) is 7.37. The van der Waals surface area contributed by atoms with Gasteiger partial charge in [0.05, 0.1) is 5.41 Å². The molecule has 1 N–H and O–H groups in total. The standard InChI is InChI=1S/C17H25NO2/c1-12(2)17(16(19)20)8-9-18(11-17)10-15-13(3)6-5-7-14(15)4/h5-7,12H,8-11H2,1-4H3,(H,19,20). The molecule has 1 saturated heterocycles. The Morgan fingerprint density at radius 3 is 2.40 bits per heavy atom. The number of nitrogens with zero attached hydrogens (tertiary/aromatic N) is 1. The van der Waals surface area contributed by atoms with Crippen molar-refractivity contribution in [2.75, 3.05) is 13.1 Å². The average Bonchev–Trinajstić information content (AvgIpc) is 2.79. The maximum absolute atomic E-state index is 11.7. The van der Waals surface area contributed by atoms with Gasteiger partial charge in [0.2, 0.25) is 0 Å². The van der Waals surface area contributed by atoms with Crippen molar-refractivity contribution in [3.8, 4) is 0 Å². The molecule has 1 aliphatic rings. The molecule has 20 heavy (non-hydrogen) atoms. The predicted octanol–water partition coefficient (Wildman–Crippen LogP) is 3.24. The van der Waals surface area contributed by atoms with E-state index in [1.54, 1.807) is 0 Å². The van der Waals surface area contributed by atoms with E-state index < -0.39 is 11.4 Å². The smallest absolute Gasteiger partial charge is 0.311 e. The molecule has 1 aromatic rings. The quantitative estimate of drug-likeness (QED) is 0.917. The SMILES string of the molecule is Cc1cccc(C)c1CN1CCC(C(=O)O)(C(C)C)C1. The van der Waals surface area contributed by atoms with Crippen LogP contribution in [-0.2, 0) is 11.3 Å². The summed E-state index contributed by atoms with van der Waals surface area (Å²) in [7, 11) is 0. The lowest BCUT2D eigenvalue weighted by Crippen LogP contribution is -2.39. The highest BCUT2D eigenvalue weighted by atomic mass is 16.4. The van der Waals surface area contributed by atoms with Crippen LogP contribution in [0, 0.1) is 25.2 Å². The average molecular weight is 275 g/mol. The highest BCUT2D eigenvalue weighted by Crippen LogP contribution is 2.39. The fourth-order valence-corrected chi connectivity index (χ4v) is 3.26. The zero-order valence-corrected chi connectivity index (χ0v) is 12.9. The number of hydrogen-bond acceptors (Lipinski definition) is 2. The molecule has 0 saturated carbocycles. The number of rotatable bonds is 4. The van der Waals surface area contributed by atoms with Crippen molar-refractivity contribution in [2.24, 2.45) is 11.3 Å². The van der Waals surface area contributed by atoms with Gasteiger partial charge < -0.3 is 5.11 Å². The Hall–Kier alpha value is -1.35. The first-order valence-electron chi connectivity index (χ1n) is 7.37. The minimum absolute atomic E-state index is 0.169. The van der Waals surface area contributed by atoms with E-state index >= 15 is 0 Å². The Morgan fingerprint density at radius 1 is 1.35 bits per heavy atom. The van der Waals surface area contributed by atoms with Crippen LogP contribution in [-0.4, -0.2) is 29.1 Å². The Labute approximate surface area is 121 Å². The molecule has 1 aliphatic heterocycles. The Morgan fingerprint density at radius 2 is 1.95 bits per heavy atom. The van der Waals surface area contributed by atoms with Gasteiger partial charge in [0.15, 0.2) is 0 Å². The third-order valence-electron chi connectivity index (χ3n) is 4.94. The van der Waals surface area contributed by atoms with E-state index in [9.17, 15) is 9.90 Å². The van der Waals surface area contributed by atoms with Crippen LogP contribution in [0.2, 0.25) is 0 Å². The molecule has 1 fully saturated rings. The Balaban J connectivity index is 2.16. The number of carboxylic acid groups (broad SMARTS) is 1. The molecule has 1 aromatic carbocycles. The third kappa shape index (κ3) is 2.59. The van der Waals surface area contributed by atoms with Crippen molar-refractivity contribution in [3.63, 3.8) is 0 Å². The van der Waals surface area contributed by atoms with Crippen molar-refractivity contribution >= 4 is 5.97 Å². The summed E-state index contributed by atoms with van der Waals surface area (Å²) < 4.78 is 0. The first kappa shape index (κ1) is 15.0. The second-order valence-corrected chi connectivity index (χ2v) is 6.45. The summed E-state index contributed by atoms with van der Waals surface area (Å²) in [6.07, 6.45) is 0.755. The van der Waals surface area contributed by atoms with Crippen molar-refractivity contribution in [2.45, 2.75) is 40.7 Å². The van der Waals surface area contributed by atoms with E-state index in [-0.39, 0.29) is 5.92 Å². The van der Waals surface area contributed by atoms with Gasteiger partial charge in [-0.25, -0.2) is 0 Å². The van der Waals surface area contributed by atoms with Gasteiger partial charge in [-0.1, -0.05) is 32.0 Å². The summed E-state index contributed by atoms with van der Waals surface area (Å²) in [4.78, 5) is 14.0. The molecular formula is C17H25NO2. The monoisotopic (exact) mass is 275 g/mol. The lowest BCUT2D eigenvalue weighted by atomic mass is 9.76. The number of aryl methyl sites for hydroxylation is 2. The van der Waals surface area contributed by atoms with Crippen LogP contribution in [0.3, 0.4) is 0 Å². The van der Waals surface area contributed by atoms with Crippen LogP contribution in [0.4, 0.5) is 0 Å². The molecule has 0 bridgehead atoms. The van der Waals surface area contributed by atoms with Gasteiger partial charge in [0, 0.05) is 13.1 Å². The van der Waals surface area contributed by atoms with Gasteiger partial charge in [-0.3, -0.25) is 9.69 Å². The molecular weight excluding hydrogens is 250 g/mol. The first-order chi connectivity index (χ1) is 9.36. The fourth-order valence-electron chi connectivity index (χ4n) is 3.26. The second-order valence-electron chi connectivity index (χ2n) is 6.45. The molecule has 0 spiro atoms. The number of benzene rings is 1. The van der Waals surface area contributed by atoms with E-state index in [4.69, 9.17) is 0 Å². The van der Waals surface area contributed by atoms with Gasteiger partial charge in [-0.2, -0.15) is 0 Å². The largest absolute Gasteiger partial charge is 0.481 e. The molecule has 1 heterocycles. The molecule has 3 heteroatoms. The van der Waals surface area contributed by atoms with E-state index in [0.29, 0.717) is 6.54 Å². The minimum atomic E-state index is -0.642. The van der Waals surface area contributed by atoms with Crippen LogP contribution in [0.15, 0.2) is 18.2 Å². The molecule has 3 nitrogen and oxygen atoms in total. The zero-order chi connectivity index (χ0) is 14.9. The fraction of sp³-hybridized carbons (Fsp3) is 0.588. The molecule has 0 radical (unpaired) electrons. The Kier molecular flexibility index (Phi) is 4.19. The Bertz CT molecular complexity index is 489. The topological polar surface area (TPSA) is 40.5 Å². The third-order valence-corrected chi connectivity index (χ3v) is 4.94. The molecule has 1 atom stereocenters. The maximum atomic E-state index is 11.7. The predicted molar refractivity (Wildman–Crippen MR) is 80.7 cm³/mol. The van der Waals surface area contributed by atoms with Gasteiger partial charge in [-0.05, 0) is 49.4 Å². The molecule has 2 rings (SSSR count). The zero-order valence-electron chi connectivity index (χ0n) is 12.9. The van der Waals surface area contributed by atoms with Crippen molar-refractivity contribution in [1.82, 2.24) is 4.90 Å². The molecule has 0 amide bonds. The lowest BCUT2D eigenvalue weighted by molar-refractivity contribution is -0.151. The number of carboxylic acids is 1. The van der Waals surface area contributed by atoms with Gasteiger partial charge in [0.25, 0.3) is 0 Å². The summed E-state index contributed by atoms with van der Waals surface area (Å²) in [5, 5.41) is 9.60. The van der Waals surface area contributed by atoms with Crippen LogP contribution in [0.25, 0.3) is 0 Å². The maximum Gasteiger partial charge on any atom is 0.311 e. The second kappa shape index (κ2) is 5.57. The summed E-state index contributed by atoms with van der Waals surface area (Å²) in [5.41, 5.74) is 3.36. The van der Waals surface area contributed by atoms with Crippen LogP contribution in [0.5, 0.6) is 0 Å². The van der Waals surface area contributed by atoms with Crippen LogP contribution in [0.1, 0.15) is 37.0 Å². The highest BCUT2D eigenvalue weighted by molar-refractivity contribution is 5.75. The number of hydrogen-bond donors (Lipinski definition) is 1. The van der Waals surface area contributed by atoms with Crippen molar-refractivity contribution < 1.29 is 9.90 Å². The van der Waals surface area contributed by atoms with Crippen molar-refractivity contribution in [1.29, 1.82) is 0 Å². The van der Waals surface area contributed by atoms with E-state index in [0.717, 1.165) is 19.5 Å². The summed E-state index contributed by atoms with van der Waals surface area (Å²) in [6, 6.07) is 6.34. The lowest BCUT2D eigenvalue weighted by Gasteiger charge is -2.29. The van der Waals surface area contributed by atoms with Gasteiger partial charge in [0.1, 0.15) is 0 Å². The molecule has 110 valence electrons. The summed E-state index contributed by atoms with van der Waals surface area (Å²) in [6.45, 7) is 10.7. The number of likely N-dealkylation sites (tertiary alicyclic amines) is 1. The minimum Gasteiger partial charge on any atom is -0.481 e. The van der Waals surface area contributed by atoms with Gasteiger partial charge >= 0.3 is 5.97 Å². The normalized spacial score (nSPS) is 23.4. The molecule has 0 aliphatic carbocycles. The summed E-state index contributed by atoms with van der Waals surface area (Å²) >= 11 is 0. The number of carbonyl (C=O) groups is 1. The van der Waals surface area contributed by atoms with Gasteiger partial charge in [-0.15, -0.1) is 0 Å². The molecule has 0 aromatic heterocycles. The highest BCUT2D eigenvalue weighted by Gasteiger charge is 2.47. The van der Waals surface area contributed by atoms with E-state index in [1.165, 1.54) is 16.7 Å². The molecule has 1 unspecified atom stereocenters. The van der Waals surface area contributed by atoms with E-state index in [2.05, 4.69) is 36.9 Å². The number of aliphatic carboxylic acids is 1. The summed E-state index contributed by atoms with van der Waals surface area (Å²) in [5.74, 6) is -0.473. The van der Waals surface area contributed by atoms with E-state index in [1.807, 2.05) is 13.8 Å². The van der Waals surface area contributed by atoms with Crippen LogP contribution >= 0.6 is 0 Å². The van der Waals surface area contributed by atoms with Crippen molar-refractivity contribution in [3.05, 3.63) is 34.9 Å².